The maximum Gasteiger partial charge on any atom is 0.229 e. The molecule has 4 aliphatic carbocycles. The summed E-state index contributed by atoms with van der Waals surface area (Å²) in [7, 11) is 0. The first-order valence-electron chi connectivity index (χ1n) is 11.2. The first kappa shape index (κ1) is 19.2. The summed E-state index contributed by atoms with van der Waals surface area (Å²) in [5.41, 5.74) is 1.38. The predicted molar refractivity (Wildman–Crippen MR) is 117 cm³/mol. The number of hydrogen-bond donors (Lipinski definition) is 0. The number of amides is 1. The summed E-state index contributed by atoms with van der Waals surface area (Å²) >= 11 is 1.69. The molecule has 0 saturated heterocycles. The number of hydrogen-bond acceptors (Lipinski definition) is 4. The van der Waals surface area contributed by atoms with Crippen LogP contribution in [0.5, 0.6) is 0 Å². The van der Waals surface area contributed by atoms with E-state index >= 15 is 0 Å². The lowest BCUT2D eigenvalue weighted by molar-refractivity contribution is -0.119. The summed E-state index contributed by atoms with van der Waals surface area (Å²) in [6, 6.07) is 10.2. The van der Waals surface area contributed by atoms with Crippen molar-refractivity contribution in [2.24, 2.45) is 23.7 Å². The van der Waals surface area contributed by atoms with E-state index in [0.717, 1.165) is 28.4 Å². The summed E-state index contributed by atoms with van der Waals surface area (Å²) in [5.74, 6) is 3.14. The molecule has 0 atom stereocenters. The van der Waals surface area contributed by atoms with Gasteiger partial charge in [0.1, 0.15) is 5.01 Å². The van der Waals surface area contributed by atoms with Crippen LogP contribution in [0.4, 0.5) is 5.13 Å². The molecule has 0 aliphatic heterocycles. The molecule has 1 heterocycles. The molecule has 1 aromatic carbocycles. The van der Waals surface area contributed by atoms with Crippen molar-refractivity contribution in [3.05, 3.63) is 40.9 Å². The van der Waals surface area contributed by atoms with E-state index in [4.69, 9.17) is 5.10 Å². The predicted octanol–water partition coefficient (Wildman–Crippen LogP) is 5.59. The average molecular weight is 410 g/mol. The first-order valence-corrected chi connectivity index (χ1v) is 12.0. The van der Waals surface area contributed by atoms with E-state index < -0.39 is 0 Å². The van der Waals surface area contributed by atoms with E-state index in [2.05, 4.69) is 31.1 Å². The molecule has 29 heavy (non-hydrogen) atoms. The Bertz CT molecular complexity index is 840. The Balaban J connectivity index is 1.43. The highest BCUT2D eigenvalue weighted by Crippen LogP contribution is 2.61. The smallest absolute Gasteiger partial charge is 0.229 e. The first-order chi connectivity index (χ1) is 14.0. The van der Waals surface area contributed by atoms with Gasteiger partial charge >= 0.3 is 0 Å². The van der Waals surface area contributed by atoms with E-state index in [9.17, 15) is 4.79 Å². The second-order valence-electron chi connectivity index (χ2n) is 10.2. The van der Waals surface area contributed by atoms with Crippen LogP contribution in [0.25, 0.3) is 0 Å². The van der Waals surface area contributed by atoms with E-state index in [0.29, 0.717) is 18.9 Å². The molecular weight excluding hydrogens is 378 g/mol. The number of anilines is 1. The minimum absolute atomic E-state index is 0.150. The van der Waals surface area contributed by atoms with E-state index in [1.807, 2.05) is 23.1 Å². The van der Waals surface area contributed by atoms with Crippen molar-refractivity contribution in [3.8, 4) is 0 Å². The van der Waals surface area contributed by atoms with Gasteiger partial charge in [0.15, 0.2) is 0 Å². The third-order valence-corrected chi connectivity index (χ3v) is 8.40. The minimum atomic E-state index is 0.150. The average Bonchev–Trinajstić information content (AvgIpc) is 3.16. The van der Waals surface area contributed by atoms with Crippen LogP contribution in [0.1, 0.15) is 69.4 Å². The van der Waals surface area contributed by atoms with E-state index in [1.54, 1.807) is 11.3 Å². The number of nitrogens with zero attached hydrogens (tertiary/aromatic N) is 3. The third-order valence-electron chi connectivity index (χ3n) is 7.20. The molecule has 4 fully saturated rings. The molecule has 4 nitrogen and oxygen atoms in total. The van der Waals surface area contributed by atoms with Crippen LogP contribution in [-0.2, 0) is 16.8 Å². The summed E-state index contributed by atoms with van der Waals surface area (Å²) < 4.78 is 0. The Morgan fingerprint density at radius 3 is 2.28 bits per heavy atom. The lowest BCUT2D eigenvalue weighted by Crippen LogP contribution is -2.48. The monoisotopic (exact) mass is 409 g/mol. The van der Waals surface area contributed by atoms with E-state index in [1.165, 1.54) is 43.5 Å². The lowest BCUT2D eigenvalue weighted by atomic mass is 9.50. The van der Waals surface area contributed by atoms with Crippen molar-refractivity contribution in [3.63, 3.8) is 0 Å². The Morgan fingerprint density at radius 2 is 1.69 bits per heavy atom. The van der Waals surface area contributed by atoms with Gasteiger partial charge in [-0.25, -0.2) is 0 Å². The van der Waals surface area contributed by atoms with Gasteiger partial charge in [0.2, 0.25) is 11.0 Å². The second kappa shape index (κ2) is 7.50. The van der Waals surface area contributed by atoms with Crippen molar-refractivity contribution in [2.75, 3.05) is 4.90 Å². The highest BCUT2D eigenvalue weighted by atomic mass is 32.1. The molecule has 0 unspecified atom stereocenters. The van der Waals surface area contributed by atoms with Gasteiger partial charge < -0.3 is 0 Å². The fourth-order valence-electron chi connectivity index (χ4n) is 6.40. The van der Waals surface area contributed by atoms with E-state index in [-0.39, 0.29) is 11.3 Å². The van der Waals surface area contributed by atoms with Gasteiger partial charge in [-0.1, -0.05) is 55.5 Å². The molecule has 6 rings (SSSR count). The van der Waals surface area contributed by atoms with Gasteiger partial charge in [-0.15, -0.1) is 10.2 Å². The zero-order chi connectivity index (χ0) is 20.0. The Hall–Kier alpha value is -1.75. The summed E-state index contributed by atoms with van der Waals surface area (Å²) in [4.78, 5) is 15.0. The van der Waals surface area contributed by atoms with Crippen molar-refractivity contribution in [1.82, 2.24) is 10.2 Å². The van der Waals surface area contributed by atoms with Gasteiger partial charge in [-0.2, -0.15) is 0 Å². The topological polar surface area (TPSA) is 46.1 Å². The van der Waals surface area contributed by atoms with Crippen LogP contribution >= 0.6 is 11.3 Å². The van der Waals surface area contributed by atoms with Crippen LogP contribution in [0, 0.1) is 23.7 Å². The van der Waals surface area contributed by atoms with Crippen LogP contribution in [0.15, 0.2) is 30.3 Å². The highest BCUT2D eigenvalue weighted by Gasteiger charge is 2.53. The molecule has 2 aromatic rings. The van der Waals surface area contributed by atoms with Gasteiger partial charge in [-0.3, -0.25) is 9.69 Å². The van der Waals surface area contributed by atoms with Crippen molar-refractivity contribution < 1.29 is 4.79 Å². The van der Waals surface area contributed by atoms with Crippen LogP contribution < -0.4 is 4.90 Å². The van der Waals surface area contributed by atoms with Crippen LogP contribution in [0.2, 0.25) is 0 Å². The summed E-state index contributed by atoms with van der Waals surface area (Å²) in [6.07, 6.45) is 8.68. The molecule has 0 radical (unpaired) electrons. The molecule has 1 amide bonds. The van der Waals surface area contributed by atoms with Crippen LogP contribution in [0.3, 0.4) is 0 Å². The quantitative estimate of drug-likeness (QED) is 0.625. The van der Waals surface area contributed by atoms with Gasteiger partial charge in [-0.05, 0) is 67.8 Å². The van der Waals surface area contributed by atoms with Crippen LogP contribution in [-0.4, -0.2) is 16.1 Å². The maximum atomic E-state index is 13.1. The molecule has 5 heteroatoms. The van der Waals surface area contributed by atoms with Crippen molar-refractivity contribution in [2.45, 2.75) is 70.8 Å². The van der Waals surface area contributed by atoms with Gasteiger partial charge in [0.05, 0.1) is 6.54 Å². The zero-order valence-corrected chi connectivity index (χ0v) is 18.3. The molecule has 0 N–H and O–H groups in total. The maximum absolute atomic E-state index is 13.1. The highest BCUT2D eigenvalue weighted by molar-refractivity contribution is 7.15. The Kier molecular flexibility index (Phi) is 4.97. The molecule has 4 aliphatic rings. The number of benzene rings is 1. The molecule has 0 spiro atoms. The molecule has 4 saturated carbocycles. The number of aromatic nitrogens is 2. The number of carbonyl (C=O) groups excluding carboxylic acids is 1. The summed E-state index contributed by atoms with van der Waals surface area (Å²) in [5, 5.41) is 11.3. The van der Waals surface area contributed by atoms with Gasteiger partial charge in [0, 0.05) is 11.8 Å². The minimum Gasteiger partial charge on any atom is -0.282 e. The Morgan fingerprint density at radius 1 is 1.07 bits per heavy atom. The number of rotatable bonds is 6. The molecule has 4 bridgehead atoms. The second-order valence-corrected chi connectivity index (χ2v) is 11.1. The normalized spacial score (nSPS) is 30.1. The Labute approximate surface area is 177 Å². The number of carbonyl (C=O) groups is 1. The van der Waals surface area contributed by atoms with Gasteiger partial charge in [0.25, 0.3) is 0 Å². The largest absolute Gasteiger partial charge is 0.282 e. The standard InChI is InChI=1S/C24H31N3OS/c1-16(2)8-21(28)27(15-17-6-4-3-5-7-17)23-26-25-22(29-23)24-12-18-9-19(13-24)11-20(10-18)14-24/h3-7,16,18-20H,8-15H2,1-2H3. The van der Waals surface area contributed by atoms with Crippen molar-refractivity contribution in [1.29, 1.82) is 0 Å². The summed E-state index contributed by atoms with van der Waals surface area (Å²) in [6.45, 7) is 4.76. The third kappa shape index (κ3) is 3.74. The van der Waals surface area contributed by atoms with Crippen molar-refractivity contribution >= 4 is 22.4 Å². The fourth-order valence-corrected chi connectivity index (χ4v) is 7.48. The fraction of sp³-hybridized carbons (Fsp3) is 0.625. The molecular formula is C24H31N3OS. The lowest BCUT2D eigenvalue weighted by Gasteiger charge is -2.55. The molecule has 1 aromatic heterocycles. The molecule has 154 valence electrons. The SMILES string of the molecule is CC(C)CC(=O)N(Cc1ccccc1)c1nnc(C23CC4CC(CC(C4)C2)C3)s1. The zero-order valence-electron chi connectivity index (χ0n) is 17.5.